The molecule has 268 valence electrons. The maximum atomic E-state index is 15.8. The lowest BCUT2D eigenvalue weighted by Gasteiger charge is -2.31. The number of aromatic nitrogens is 3. The summed E-state index contributed by atoms with van der Waals surface area (Å²) in [5.74, 6) is 0.620. The standard InChI is InChI=1S/C37H42ClFN8O4/c1-22(48)47-17-13-25(14-18-47)43-20-23-11-15-42-36(33(23)39)45-30-6-4-5-28(35(30)50-2)34-32(38)27(12-16-41-34)29-9-7-24(37(46-29)51-3)19-40-21-26-8-10-31(49)44-26/h4-7,9,11-12,15-16,25-26,40,43H,8,10,13-14,17-21H2,1-3H3,(H,42,45)(H,44,49)/t26-/m1/s1. The fourth-order valence-corrected chi connectivity index (χ4v) is 6.81. The van der Waals surface area contributed by atoms with E-state index in [-0.39, 0.29) is 29.7 Å². The summed E-state index contributed by atoms with van der Waals surface area (Å²) >= 11 is 7.03. The molecule has 0 unspecified atom stereocenters. The van der Waals surface area contributed by atoms with Gasteiger partial charge in [0.15, 0.2) is 17.4 Å². The number of anilines is 2. The lowest BCUT2D eigenvalue weighted by atomic mass is 10.0. The van der Waals surface area contributed by atoms with Gasteiger partial charge in [0.2, 0.25) is 17.7 Å². The highest BCUT2D eigenvalue weighted by Crippen LogP contribution is 2.42. The van der Waals surface area contributed by atoms with E-state index in [1.165, 1.54) is 7.11 Å². The van der Waals surface area contributed by atoms with Crippen molar-refractivity contribution in [2.45, 2.75) is 57.8 Å². The van der Waals surface area contributed by atoms with Gasteiger partial charge >= 0.3 is 0 Å². The molecule has 4 aromatic rings. The smallest absolute Gasteiger partial charge is 0.220 e. The molecular formula is C37H42ClFN8O4. The van der Waals surface area contributed by atoms with E-state index in [1.54, 1.807) is 44.6 Å². The van der Waals surface area contributed by atoms with Gasteiger partial charge in [-0.2, -0.15) is 0 Å². The molecule has 4 N–H and O–H groups in total. The van der Waals surface area contributed by atoms with Crippen molar-refractivity contribution >= 4 is 34.9 Å². The highest BCUT2D eigenvalue weighted by Gasteiger charge is 2.23. The summed E-state index contributed by atoms with van der Waals surface area (Å²) in [5, 5.41) is 13.2. The highest BCUT2D eigenvalue weighted by atomic mass is 35.5. The van der Waals surface area contributed by atoms with E-state index in [2.05, 4.69) is 31.2 Å². The second kappa shape index (κ2) is 16.4. The Bertz CT molecular complexity index is 1890. The number of benzene rings is 1. The van der Waals surface area contributed by atoms with Crippen LogP contribution >= 0.6 is 11.6 Å². The van der Waals surface area contributed by atoms with Gasteiger partial charge in [-0.25, -0.2) is 14.4 Å². The first kappa shape index (κ1) is 36.0. The fraction of sp³-hybridized carbons (Fsp3) is 0.378. The Morgan fingerprint density at radius 3 is 2.53 bits per heavy atom. The number of rotatable bonds is 13. The quantitative estimate of drug-likeness (QED) is 0.145. The van der Waals surface area contributed by atoms with Crippen LogP contribution in [0.5, 0.6) is 11.6 Å². The Labute approximate surface area is 301 Å². The predicted molar refractivity (Wildman–Crippen MR) is 193 cm³/mol. The molecule has 2 fully saturated rings. The number of amides is 2. The number of pyridine rings is 3. The van der Waals surface area contributed by atoms with Crippen molar-refractivity contribution in [1.29, 1.82) is 0 Å². The number of likely N-dealkylation sites (tertiary alicyclic amines) is 1. The van der Waals surface area contributed by atoms with Gasteiger partial charge in [0.1, 0.15) is 0 Å². The van der Waals surface area contributed by atoms with Gasteiger partial charge < -0.3 is 35.6 Å². The molecule has 2 amide bonds. The second-order valence-electron chi connectivity index (χ2n) is 12.6. The van der Waals surface area contributed by atoms with E-state index in [1.807, 2.05) is 29.2 Å². The number of halogens is 2. The van der Waals surface area contributed by atoms with Crippen LogP contribution in [0, 0.1) is 5.82 Å². The molecule has 14 heteroatoms. The molecule has 6 rings (SSSR count). The van der Waals surface area contributed by atoms with Crippen LogP contribution in [0.2, 0.25) is 5.02 Å². The summed E-state index contributed by atoms with van der Waals surface area (Å²) in [5.41, 5.74) is 4.13. The average Bonchev–Trinajstić information content (AvgIpc) is 3.56. The van der Waals surface area contributed by atoms with E-state index in [4.69, 9.17) is 26.1 Å². The number of hydrogen-bond donors (Lipinski definition) is 4. The topological polar surface area (TPSA) is 143 Å². The van der Waals surface area contributed by atoms with Crippen molar-refractivity contribution in [2.75, 3.05) is 39.2 Å². The number of carbonyl (C=O) groups excluding carboxylic acids is 2. The van der Waals surface area contributed by atoms with E-state index < -0.39 is 5.82 Å². The molecule has 2 saturated heterocycles. The van der Waals surface area contributed by atoms with Crippen molar-refractivity contribution in [3.63, 3.8) is 0 Å². The molecule has 3 aromatic heterocycles. The van der Waals surface area contributed by atoms with Crippen molar-refractivity contribution in [3.8, 4) is 34.1 Å². The highest BCUT2D eigenvalue weighted by molar-refractivity contribution is 6.35. The van der Waals surface area contributed by atoms with Gasteiger partial charge in [0.25, 0.3) is 0 Å². The van der Waals surface area contributed by atoms with Crippen LogP contribution in [0.4, 0.5) is 15.9 Å². The third-order valence-corrected chi connectivity index (χ3v) is 9.69. The summed E-state index contributed by atoms with van der Waals surface area (Å²) in [6.07, 6.45) is 6.22. The summed E-state index contributed by atoms with van der Waals surface area (Å²) in [4.78, 5) is 38.6. The predicted octanol–water partition coefficient (Wildman–Crippen LogP) is 5.23. The van der Waals surface area contributed by atoms with Crippen molar-refractivity contribution in [3.05, 3.63) is 76.8 Å². The SMILES string of the molecule is COc1nc(-c2ccnc(-c3cccc(Nc4nccc(CNC5CCN(C(C)=O)CC5)c4F)c3OC)c2Cl)ccc1CNC[C@H]1CCC(=O)N1. The maximum Gasteiger partial charge on any atom is 0.220 e. The third-order valence-electron chi connectivity index (χ3n) is 9.31. The van der Waals surface area contributed by atoms with Crippen LogP contribution in [0.1, 0.15) is 43.7 Å². The number of para-hydroxylation sites is 1. The Kier molecular flexibility index (Phi) is 11.6. The zero-order chi connectivity index (χ0) is 35.9. The van der Waals surface area contributed by atoms with E-state index in [0.29, 0.717) is 89.6 Å². The molecule has 0 saturated carbocycles. The number of nitrogens with one attached hydrogen (secondary N) is 4. The number of piperidine rings is 1. The molecule has 1 aromatic carbocycles. The number of nitrogens with zero attached hydrogens (tertiary/aromatic N) is 4. The Balaban J connectivity index is 1.18. The minimum atomic E-state index is -0.472. The van der Waals surface area contributed by atoms with Crippen molar-refractivity contribution in [2.24, 2.45) is 0 Å². The lowest BCUT2D eigenvalue weighted by molar-refractivity contribution is -0.130. The van der Waals surface area contributed by atoms with Gasteiger partial charge in [-0.05, 0) is 49.6 Å². The largest absolute Gasteiger partial charge is 0.494 e. The molecule has 51 heavy (non-hydrogen) atoms. The van der Waals surface area contributed by atoms with Gasteiger partial charge in [0.05, 0.1) is 36.3 Å². The number of ether oxygens (including phenoxy) is 2. The first-order valence-corrected chi connectivity index (χ1v) is 17.4. The number of hydrogen-bond acceptors (Lipinski definition) is 10. The number of carbonyl (C=O) groups is 2. The van der Waals surface area contributed by atoms with Crippen molar-refractivity contribution in [1.82, 2.24) is 35.8 Å². The molecule has 2 aliphatic heterocycles. The van der Waals surface area contributed by atoms with E-state index in [9.17, 15) is 9.59 Å². The molecule has 0 bridgehead atoms. The zero-order valence-electron chi connectivity index (χ0n) is 28.9. The second-order valence-corrected chi connectivity index (χ2v) is 13.0. The summed E-state index contributed by atoms with van der Waals surface area (Å²) < 4.78 is 27.2. The van der Waals surface area contributed by atoms with E-state index >= 15 is 4.39 Å². The number of methoxy groups -OCH3 is 2. The summed E-state index contributed by atoms with van der Waals surface area (Å²) in [7, 11) is 3.10. The minimum Gasteiger partial charge on any atom is -0.494 e. The van der Waals surface area contributed by atoms with Crippen LogP contribution in [-0.2, 0) is 22.7 Å². The summed E-state index contributed by atoms with van der Waals surface area (Å²) in [6.45, 7) is 4.46. The Morgan fingerprint density at radius 1 is 1.00 bits per heavy atom. The minimum absolute atomic E-state index is 0.0582. The average molecular weight is 717 g/mol. The molecule has 2 aliphatic rings. The van der Waals surface area contributed by atoms with Crippen LogP contribution in [0.3, 0.4) is 0 Å². The monoisotopic (exact) mass is 716 g/mol. The van der Waals surface area contributed by atoms with Crippen LogP contribution < -0.4 is 30.7 Å². The molecule has 1 atom stereocenters. The van der Waals surface area contributed by atoms with Crippen LogP contribution in [0.15, 0.2) is 54.9 Å². The van der Waals surface area contributed by atoms with Crippen LogP contribution in [-0.4, -0.2) is 77.6 Å². The third kappa shape index (κ3) is 8.38. The normalized spacial score (nSPS) is 16.2. The first-order valence-electron chi connectivity index (χ1n) is 17.0. The van der Waals surface area contributed by atoms with Gasteiger partial charge in [-0.15, -0.1) is 0 Å². The molecule has 0 radical (unpaired) electrons. The van der Waals surface area contributed by atoms with Crippen molar-refractivity contribution < 1.29 is 23.5 Å². The van der Waals surface area contributed by atoms with E-state index in [0.717, 1.165) is 24.8 Å². The molecule has 12 nitrogen and oxygen atoms in total. The fourth-order valence-electron chi connectivity index (χ4n) is 6.50. The Morgan fingerprint density at radius 2 is 1.80 bits per heavy atom. The molecule has 0 spiro atoms. The lowest BCUT2D eigenvalue weighted by Crippen LogP contribution is -2.44. The summed E-state index contributed by atoms with van der Waals surface area (Å²) in [6, 6.07) is 13.0. The molecule has 5 heterocycles. The first-order chi connectivity index (χ1) is 24.7. The van der Waals surface area contributed by atoms with Gasteiger partial charge in [-0.1, -0.05) is 23.7 Å². The maximum absolute atomic E-state index is 15.8. The van der Waals surface area contributed by atoms with Gasteiger partial charge in [0, 0.05) is 92.8 Å². The van der Waals surface area contributed by atoms with Gasteiger partial charge in [-0.3, -0.25) is 14.6 Å². The zero-order valence-corrected chi connectivity index (χ0v) is 29.6. The Hall–Kier alpha value is -4.85. The molecular weight excluding hydrogens is 675 g/mol. The van der Waals surface area contributed by atoms with Crippen LogP contribution in [0.25, 0.3) is 22.5 Å². The molecule has 0 aliphatic carbocycles.